The molecule has 2 aromatic rings. The number of thioether (sulfide) groups is 1. The largest absolute Gasteiger partial charge is 0.476 e. The van der Waals surface area contributed by atoms with E-state index in [1.54, 1.807) is 18.3 Å². The molecule has 0 spiro atoms. The number of nitrogens with zero attached hydrogens (tertiary/aromatic N) is 2. The number of rotatable bonds is 4. The van der Waals surface area contributed by atoms with Crippen LogP contribution in [0.25, 0.3) is 5.69 Å². The van der Waals surface area contributed by atoms with E-state index in [1.807, 2.05) is 23.9 Å². The van der Waals surface area contributed by atoms with E-state index in [1.165, 1.54) is 10.7 Å². The number of carboxylic acid groups (broad SMARTS) is 1. The molecule has 0 radical (unpaired) electrons. The molecule has 1 fully saturated rings. The average molecular weight is 331 g/mol. The lowest BCUT2D eigenvalue weighted by Gasteiger charge is -2.21. The monoisotopic (exact) mass is 331 g/mol. The van der Waals surface area contributed by atoms with Crippen molar-refractivity contribution in [2.24, 2.45) is 5.92 Å². The minimum absolute atomic E-state index is 0.0170. The van der Waals surface area contributed by atoms with Crippen LogP contribution in [0.4, 0.5) is 5.69 Å². The van der Waals surface area contributed by atoms with Crippen molar-refractivity contribution in [3.8, 4) is 5.69 Å². The van der Waals surface area contributed by atoms with E-state index >= 15 is 0 Å². The van der Waals surface area contributed by atoms with Crippen LogP contribution >= 0.6 is 11.8 Å². The lowest BCUT2D eigenvalue weighted by molar-refractivity contribution is -0.120. The van der Waals surface area contributed by atoms with Crippen LogP contribution < -0.4 is 5.32 Å². The molecule has 0 aliphatic carbocycles. The van der Waals surface area contributed by atoms with Crippen LogP contribution in [-0.4, -0.2) is 38.3 Å². The Kier molecular flexibility index (Phi) is 4.66. The molecular formula is C16H17N3O3S. The van der Waals surface area contributed by atoms with Crippen LogP contribution in [0.2, 0.25) is 0 Å². The summed E-state index contributed by atoms with van der Waals surface area (Å²) in [5, 5.41) is 16.0. The first-order valence-electron chi connectivity index (χ1n) is 7.42. The summed E-state index contributed by atoms with van der Waals surface area (Å²) in [5.41, 5.74) is 1.25. The Hall–Kier alpha value is -2.28. The lowest BCUT2D eigenvalue weighted by Crippen LogP contribution is -2.26. The number of amides is 1. The fraction of sp³-hybridized carbons (Fsp3) is 0.312. The Morgan fingerprint density at radius 1 is 1.22 bits per heavy atom. The van der Waals surface area contributed by atoms with Gasteiger partial charge in [-0.3, -0.25) is 4.79 Å². The van der Waals surface area contributed by atoms with Crippen LogP contribution in [0.3, 0.4) is 0 Å². The molecule has 0 unspecified atom stereocenters. The summed E-state index contributed by atoms with van der Waals surface area (Å²) < 4.78 is 1.47. The van der Waals surface area contributed by atoms with Gasteiger partial charge in [-0.05, 0) is 42.5 Å². The van der Waals surface area contributed by atoms with Gasteiger partial charge in [-0.1, -0.05) is 12.1 Å². The van der Waals surface area contributed by atoms with Crippen LogP contribution in [-0.2, 0) is 4.79 Å². The van der Waals surface area contributed by atoms with Gasteiger partial charge in [0.2, 0.25) is 5.91 Å². The zero-order chi connectivity index (χ0) is 16.2. The average Bonchev–Trinajstić information content (AvgIpc) is 3.06. The molecule has 0 bridgehead atoms. The number of carbonyl (C=O) groups excluding carboxylic acids is 1. The second kappa shape index (κ2) is 6.87. The number of hydrogen-bond donors (Lipinski definition) is 2. The first kappa shape index (κ1) is 15.6. The standard InChI is InChI=1S/C16H17N3O3S/c20-15(11-6-9-23-10-7-11)17-12-3-1-2-4-14(12)19-8-5-13(18-19)16(21)22/h1-5,8,11H,6-7,9-10H2,(H,17,20)(H,21,22). The quantitative estimate of drug-likeness (QED) is 0.900. The maximum atomic E-state index is 12.4. The van der Waals surface area contributed by atoms with Gasteiger partial charge in [-0.15, -0.1) is 0 Å². The normalized spacial score (nSPS) is 15.3. The highest BCUT2D eigenvalue weighted by atomic mass is 32.2. The van der Waals surface area contributed by atoms with Gasteiger partial charge < -0.3 is 10.4 Å². The summed E-state index contributed by atoms with van der Waals surface area (Å²) in [6.45, 7) is 0. The maximum absolute atomic E-state index is 12.4. The number of para-hydroxylation sites is 2. The molecule has 1 saturated heterocycles. The summed E-state index contributed by atoms with van der Waals surface area (Å²) in [6.07, 6.45) is 3.36. The van der Waals surface area contributed by atoms with Crippen LogP contribution in [0.5, 0.6) is 0 Å². The highest BCUT2D eigenvalue weighted by Gasteiger charge is 2.22. The maximum Gasteiger partial charge on any atom is 0.356 e. The van der Waals surface area contributed by atoms with E-state index in [2.05, 4.69) is 10.4 Å². The molecule has 2 N–H and O–H groups in total. The number of hydrogen-bond acceptors (Lipinski definition) is 4. The van der Waals surface area contributed by atoms with E-state index in [0.717, 1.165) is 24.3 Å². The van der Waals surface area contributed by atoms with Crippen molar-refractivity contribution >= 4 is 29.3 Å². The first-order chi connectivity index (χ1) is 11.1. The molecule has 0 atom stereocenters. The van der Waals surface area contributed by atoms with Gasteiger partial charge in [0.25, 0.3) is 0 Å². The van der Waals surface area contributed by atoms with Crippen molar-refractivity contribution in [1.29, 1.82) is 0 Å². The molecule has 120 valence electrons. The number of aromatic carboxylic acids is 1. The van der Waals surface area contributed by atoms with Crippen molar-refractivity contribution in [1.82, 2.24) is 9.78 Å². The lowest BCUT2D eigenvalue weighted by atomic mass is 10.0. The molecule has 1 amide bonds. The Balaban J connectivity index is 1.82. The predicted molar refractivity (Wildman–Crippen MR) is 89.2 cm³/mol. The molecule has 0 saturated carbocycles. The first-order valence-corrected chi connectivity index (χ1v) is 8.57. The van der Waals surface area contributed by atoms with E-state index in [-0.39, 0.29) is 17.5 Å². The van der Waals surface area contributed by atoms with E-state index in [0.29, 0.717) is 11.4 Å². The Labute approximate surface area is 137 Å². The van der Waals surface area contributed by atoms with Gasteiger partial charge in [-0.25, -0.2) is 9.48 Å². The van der Waals surface area contributed by atoms with Gasteiger partial charge in [-0.2, -0.15) is 16.9 Å². The summed E-state index contributed by atoms with van der Waals surface area (Å²) in [7, 11) is 0. The van der Waals surface area contributed by atoms with Gasteiger partial charge in [0.05, 0.1) is 11.4 Å². The van der Waals surface area contributed by atoms with Crippen LogP contribution in [0.15, 0.2) is 36.5 Å². The topological polar surface area (TPSA) is 84.2 Å². The minimum Gasteiger partial charge on any atom is -0.476 e. The Morgan fingerprint density at radius 3 is 2.65 bits per heavy atom. The summed E-state index contributed by atoms with van der Waals surface area (Å²) >= 11 is 1.88. The SMILES string of the molecule is O=C(O)c1ccn(-c2ccccc2NC(=O)C2CCSCC2)n1. The summed E-state index contributed by atoms with van der Waals surface area (Å²) in [5.74, 6) is 1.01. The number of aromatic nitrogens is 2. The summed E-state index contributed by atoms with van der Waals surface area (Å²) in [4.78, 5) is 23.4. The van der Waals surface area contributed by atoms with Crippen LogP contribution in [0.1, 0.15) is 23.3 Å². The minimum atomic E-state index is -1.08. The van der Waals surface area contributed by atoms with Crippen molar-refractivity contribution in [2.75, 3.05) is 16.8 Å². The third-order valence-electron chi connectivity index (χ3n) is 3.81. The molecule has 3 rings (SSSR count). The summed E-state index contributed by atoms with van der Waals surface area (Å²) in [6, 6.07) is 8.68. The van der Waals surface area contributed by atoms with E-state index < -0.39 is 5.97 Å². The molecule has 6 nitrogen and oxygen atoms in total. The van der Waals surface area contributed by atoms with Crippen molar-refractivity contribution in [3.05, 3.63) is 42.2 Å². The van der Waals surface area contributed by atoms with Gasteiger partial charge in [0, 0.05) is 12.1 Å². The second-order valence-corrected chi connectivity index (χ2v) is 6.57. The van der Waals surface area contributed by atoms with Crippen molar-refractivity contribution < 1.29 is 14.7 Å². The molecular weight excluding hydrogens is 314 g/mol. The molecule has 1 aromatic carbocycles. The molecule has 23 heavy (non-hydrogen) atoms. The molecule has 1 aliphatic heterocycles. The van der Waals surface area contributed by atoms with Gasteiger partial charge in [0.1, 0.15) is 0 Å². The van der Waals surface area contributed by atoms with E-state index in [4.69, 9.17) is 5.11 Å². The third kappa shape index (κ3) is 3.56. The van der Waals surface area contributed by atoms with Gasteiger partial charge >= 0.3 is 5.97 Å². The molecule has 1 aliphatic rings. The number of anilines is 1. The van der Waals surface area contributed by atoms with Gasteiger partial charge in [0.15, 0.2) is 5.69 Å². The van der Waals surface area contributed by atoms with E-state index in [9.17, 15) is 9.59 Å². The molecule has 2 heterocycles. The number of nitrogens with one attached hydrogen (secondary N) is 1. The van der Waals surface area contributed by atoms with Crippen LogP contribution in [0, 0.1) is 5.92 Å². The zero-order valence-corrected chi connectivity index (χ0v) is 13.3. The smallest absolute Gasteiger partial charge is 0.356 e. The molecule has 1 aromatic heterocycles. The predicted octanol–water partition coefficient (Wildman–Crippen LogP) is 2.65. The number of carboxylic acids is 1. The highest BCUT2D eigenvalue weighted by Crippen LogP contribution is 2.26. The number of carbonyl (C=O) groups is 2. The highest BCUT2D eigenvalue weighted by molar-refractivity contribution is 7.99. The second-order valence-electron chi connectivity index (χ2n) is 5.34. The Bertz CT molecular complexity index is 723. The van der Waals surface area contributed by atoms with Crippen molar-refractivity contribution in [2.45, 2.75) is 12.8 Å². The third-order valence-corrected chi connectivity index (χ3v) is 4.86. The fourth-order valence-corrected chi connectivity index (χ4v) is 3.65. The molecule has 7 heteroatoms. The zero-order valence-electron chi connectivity index (χ0n) is 12.4. The number of benzene rings is 1. The van der Waals surface area contributed by atoms with Crippen molar-refractivity contribution in [3.63, 3.8) is 0 Å². The Morgan fingerprint density at radius 2 is 1.96 bits per heavy atom. The fourth-order valence-electron chi connectivity index (χ4n) is 2.55.